The molecule has 0 fully saturated rings. The molecule has 0 saturated heterocycles. The van der Waals surface area contributed by atoms with Crippen molar-refractivity contribution in [2.45, 2.75) is 45.4 Å². The van der Waals surface area contributed by atoms with E-state index in [1.165, 1.54) is 0 Å². The average Bonchev–Trinajstić information content (AvgIpc) is 2.49. The Morgan fingerprint density at radius 1 is 1.16 bits per heavy atom. The number of amidine groups is 1. The van der Waals surface area contributed by atoms with Crippen LogP contribution in [0.3, 0.4) is 0 Å². The molecule has 0 radical (unpaired) electrons. The number of nitrogens with zero attached hydrogens (tertiary/aromatic N) is 2. The summed E-state index contributed by atoms with van der Waals surface area (Å²) in [6, 6.07) is 6.93. The van der Waals surface area contributed by atoms with Crippen molar-refractivity contribution in [2.24, 2.45) is 0 Å². The second-order valence-corrected chi connectivity index (χ2v) is 5.90. The summed E-state index contributed by atoms with van der Waals surface area (Å²) in [5, 5.41) is 32.8. The zero-order chi connectivity index (χ0) is 14.4. The van der Waals surface area contributed by atoms with E-state index in [9.17, 15) is 10.4 Å². The Morgan fingerprint density at radius 3 is 2.05 bits per heavy atom. The van der Waals surface area contributed by atoms with Gasteiger partial charge in [0, 0.05) is 0 Å². The molecule has 0 bridgehead atoms. The van der Waals surface area contributed by atoms with Gasteiger partial charge in [-0.1, -0.05) is 12.1 Å². The molecule has 2 rings (SSSR count). The third-order valence-electron chi connectivity index (χ3n) is 4.32. The lowest BCUT2D eigenvalue weighted by Crippen LogP contribution is -2.53. The molecule has 0 aliphatic carbocycles. The maximum atomic E-state index is 12.4. The van der Waals surface area contributed by atoms with E-state index in [1.54, 1.807) is 38.1 Å². The summed E-state index contributed by atoms with van der Waals surface area (Å²) >= 11 is 0. The van der Waals surface area contributed by atoms with Gasteiger partial charge in [0.15, 0.2) is 5.54 Å². The van der Waals surface area contributed by atoms with Crippen LogP contribution < -0.4 is 0 Å². The van der Waals surface area contributed by atoms with E-state index in [1.807, 2.05) is 13.8 Å². The van der Waals surface area contributed by atoms with Gasteiger partial charge in [-0.2, -0.15) is 0 Å². The molecule has 0 spiro atoms. The number of aliphatic hydroxyl groups is 1. The summed E-state index contributed by atoms with van der Waals surface area (Å²) < 4.78 is 0.848. The molecule has 2 N–H and O–H groups in total. The van der Waals surface area contributed by atoms with Gasteiger partial charge in [0.2, 0.25) is 0 Å². The minimum atomic E-state index is -0.743. The Bertz CT molecular complexity index is 518. The van der Waals surface area contributed by atoms with E-state index in [0.717, 1.165) is 15.4 Å². The Morgan fingerprint density at radius 2 is 1.68 bits per heavy atom. The largest absolute Gasteiger partial charge is 0.714 e. The molecule has 1 aromatic rings. The highest BCUT2D eigenvalue weighted by Crippen LogP contribution is 2.36. The van der Waals surface area contributed by atoms with Crippen LogP contribution in [0.2, 0.25) is 0 Å². The first-order valence-electron chi connectivity index (χ1n) is 6.27. The summed E-state index contributed by atoms with van der Waals surface area (Å²) in [6.45, 7) is 7.22. The van der Waals surface area contributed by atoms with Crippen molar-refractivity contribution >= 4 is 5.84 Å². The molecular formula is C14H20N2O3. The molecule has 0 aromatic heterocycles. The van der Waals surface area contributed by atoms with E-state index >= 15 is 0 Å². The number of hydrogen-bond acceptors (Lipinski definition) is 4. The fourth-order valence-electron chi connectivity index (χ4n) is 2.12. The fraction of sp³-hybridized carbons (Fsp3) is 0.500. The monoisotopic (exact) mass is 264 g/mol. The molecule has 5 heteroatoms. The molecular weight excluding hydrogens is 244 g/mol. The summed E-state index contributed by atoms with van der Waals surface area (Å²) in [5.41, 5.74) is -0.0388. The van der Waals surface area contributed by atoms with Crippen LogP contribution >= 0.6 is 0 Å². The summed E-state index contributed by atoms with van der Waals surface area (Å²) in [5.74, 6) is 0.236. The normalized spacial score (nSPS) is 21.1. The number of hydrogen-bond donors (Lipinski definition) is 2. The number of hydroxylamine groups is 3. The molecule has 0 atom stereocenters. The molecule has 19 heavy (non-hydrogen) atoms. The molecule has 0 unspecified atom stereocenters. The maximum Gasteiger partial charge on any atom is 0.313 e. The van der Waals surface area contributed by atoms with Crippen LogP contribution in [0.1, 0.15) is 38.8 Å². The van der Waals surface area contributed by atoms with Crippen LogP contribution in [0.15, 0.2) is 24.3 Å². The predicted molar refractivity (Wildman–Crippen MR) is 71.9 cm³/mol. The third kappa shape index (κ3) is 1.81. The van der Waals surface area contributed by atoms with E-state index < -0.39 is 11.1 Å². The van der Waals surface area contributed by atoms with E-state index in [0.29, 0.717) is 5.56 Å². The van der Waals surface area contributed by atoms with Crippen LogP contribution in [-0.4, -0.2) is 37.0 Å². The van der Waals surface area contributed by atoms with Crippen molar-refractivity contribution in [1.29, 1.82) is 0 Å². The first kappa shape index (κ1) is 13.8. The molecule has 1 aliphatic heterocycles. The minimum absolute atomic E-state index is 0.0451. The minimum Gasteiger partial charge on any atom is -0.714 e. The second-order valence-electron chi connectivity index (χ2n) is 5.90. The van der Waals surface area contributed by atoms with Gasteiger partial charge >= 0.3 is 5.84 Å². The first-order valence-corrected chi connectivity index (χ1v) is 6.27. The van der Waals surface area contributed by atoms with Crippen molar-refractivity contribution < 1.29 is 15.1 Å². The van der Waals surface area contributed by atoms with Crippen LogP contribution in [0.25, 0.3) is 0 Å². The lowest BCUT2D eigenvalue weighted by molar-refractivity contribution is -0.539. The van der Waals surface area contributed by atoms with Gasteiger partial charge < -0.3 is 10.3 Å². The SMILES string of the molecule is CC1(C)N(O)C(c2ccc(CO)cc2)=[N+]([O-])C1(C)C. The van der Waals surface area contributed by atoms with Crippen molar-refractivity contribution in [3.8, 4) is 0 Å². The molecule has 1 aromatic carbocycles. The summed E-state index contributed by atoms with van der Waals surface area (Å²) in [4.78, 5) is 0. The van der Waals surface area contributed by atoms with Gasteiger partial charge in [0.1, 0.15) is 5.54 Å². The lowest BCUT2D eigenvalue weighted by atomic mass is 9.84. The molecule has 0 amide bonds. The van der Waals surface area contributed by atoms with Crippen molar-refractivity contribution in [3.63, 3.8) is 0 Å². The van der Waals surface area contributed by atoms with Gasteiger partial charge in [-0.05, 0) is 45.4 Å². The topological polar surface area (TPSA) is 69.8 Å². The zero-order valence-electron chi connectivity index (χ0n) is 11.7. The first-order chi connectivity index (χ1) is 8.73. The highest BCUT2D eigenvalue weighted by atomic mass is 16.5. The van der Waals surface area contributed by atoms with Crippen LogP contribution in [0.4, 0.5) is 0 Å². The highest BCUT2D eigenvalue weighted by Gasteiger charge is 2.58. The molecule has 1 aliphatic rings. The van der Waals surface area contributed by atoms with E-state index in [4.69, 9.17) is 5.11 Å². The Balaban J connectivity index is 2.52. The van der Waals surface area contributed by atoms with Gasteiger partial charge in [-0.3, -0.25) is 4.74 Å². The Kier molecular flexibility index (Phi) is 3.07. The van der Waals surface area contributed by atoms with Crippen molar-refractivity contribution in [2.75, 3.05) is 0 Å². The standard InChI is InChI=1S/C14H20N2O3/c1-13(2)14(3,4)16(19)12(15(13)18)11-7-5-10(9-17)6-8-11/h5-8,17-18H,9H2,1-4H3. The Labute approximate surface area is 113 Å². The molecule has 0 saturated carbocycles. The van der Waals surface area contributed by atoms with Gasteiger partial charge in [0.25, 0.3) is 0 Å². The van der Waals surface area contributed by atoms with Gasteiger partial charge in [0.05, 0.1) is 12.2 Å². The summed E-state index contributed by atoms with van der Waals surface area (Å²) in [7, 11) is 0. The predicted octanol–water partition coefficient (Wildman–Crippen LogP) is 1.70. The Hall–Kier alpha value is -1.59. The van der Waals surface area contributed by atoms with Gasteiger partial charge in [-0.25, -0.2) is 5.21 Å². The third-order valence-corrected chi connectivity index (χ3v) is 4.32. The van der Waals surface area contributed by atoms with Crippen molar-refractivity contribution in [3.05, 3.63) is 40.6 Å². The number of aliphatic hydroxyl groups excluding tert-OH is 1. The fourth-order valence-corrected chi connectivity index (χ4v) is 2.12. The average molecular weight is 264 g/mol. The second kappa shape index (κ2) is 4.21. The van der Waals surface area contributed by atoms with Gasteiger partial charge in [-0.15, -0.1) is 5.06 Å². The smallest absolute Gasteiger partial charge is 0.313 e. The zero-order valence-corrected chi connectivity index (χ0v) is 11.7. The number of rotatable bonds is 2. The molecule has 5 nitrogen and oxygen atoms in total. The van der Waals surface area contributed by atoms with Crippen molar-refractivity contribution in [1.82, 2.24) is 5.06 Å². The van der Waals surface area contributed by atoms with E-state index in [-0.39, 0.29) is 12.4 Å². The summed E-state index contributed by atoms with van der Waals surface area (Å²) in [6.07, 6.45) is 0. The molecule has 1 heterocycles. The van der Waals surface area contributed by atoms with Crippen LogP contribution in [-0.2, 0) is 6.61 Å². The quantitative estimate of drug-likeness (QED) is 0.630. The molecule has 104 valence electrons. The lowest BCUT2D eigenvalue weighted by Gasteiger charge is -2.33. The maximum absolute atomic E-state index is 12.4. The van der Waals surface area contributed by atoms with Crippen LogP contribution in [0.5, 0.6) is 0 Å². The van der Waals surface area contributed by atoms with Crippen LogP contribution in [0, 0.1) is 5.21 Å². The van der Waals surface area contributed by atoms with E-state index in [2.05, 4.69) is 0 Å². The number of benzene rings is 1. The highest BCUT2D eigenvalue weighted by molar-refractivity contribution is 5.96.